The topological polar surface area (TPSA) is 93.3 Å². The number of aromatic nitrogens is 3. The van der Waals surface area contributed by atoms with Gasteiger partial charge in [0.15, 0.2) is 0 Å². The molecule has 0 saturated heterocycles. The average Bonchev–Trinajstić information content (AvgIpc) is 3.51. The molecule has 0 fully saturated rings. The third-order valence-electron chi connectivity index (χ3n) is 6.01. The standard InChI is InChI=1S/C27H31N5O3/c1-18(2)20-11-13-21(14-12-20)26(27(34)28-16-22-8-7-15-35-22)32(19(3)4)25(33)17-31-24-10-6-5-9-23(24)29-30-31/h5-15,18-19,26H,16-17H2,1-4H3,(H,28,34)/t26-/m0/s1. The fourth-order valence-corrected chi connectivity index (χ4v) is 4.16. The lowest BCUT2D eigenvalue weighted by atomic mass is 9.97. The lowest BCUT2D eigenvalue weighted by molar-refractivity contribution is -0.143. The second-order valence-corrected chi connectivity index (χ2v) is 9.15. The quantitative estimate of drug-likeness (QED) is 0.388. The molecule has 0 aliphatic heterocycles. The van der Waals surface area contributed by atoms with Crippen LogP contribution in [0.3, 0.4) is 0 Å². The van der Waals surface area contributed by atoms with Crippen LogP contribution in [0, 0.1) is 0 Å². The molecule has 0 aliphatic carbocycles. The Hall–Kier alpha value is -3.94. The van der Waals surface area contributed by atoms with E-state index in [9.17, 15) is 9.59 Å². The molecule has 182 valence electrons. The minimum Gasteiger partial charge on any atom is -0.467 e. The van der Waals surface area contributed by atoms with E-state index < -0.39 is 6.04 Å². The first-order valence-electron chi connectivity index (χ1n) is 11.8. The molecule has 4 rings (SSSR count). The van der Waals surface area contributed by atoms with Crippen LogP contribution < -0.4 is 5.32 Å². The van der Waals surface area contributed by atoms with Crippen molar-refractivity contribution in [1.29, 1.82) is 0 Å². The molecule has 0 bridgehead atoms. The highest BCUT2D eigenvalue weighted by molar-refractivity contribution is 5.89. The van der Waals surface area contributed by atoms with Crippen molar-refractivity contribution in [1.82, 2.24) is 25.2 Å². The molecule has 35 heavy (non-hydrogen) atoms. The van der Waals surface area contributed by atoms with Crippen molar-refractivity contribution in [2.24, 2.45) is 0 Å². The highest BCUT2D eigenvalue weighted by atomic mass is 16.3. The van der Waals surface area contributed by atoms with Gasteiger partial charge in [0.2, 0.25) is 11.8 Å². The van der Waals surface area contributed by atoms with Crippen LogP contribution in [0.5, 0.6) is 0 Å². The van der Waals surface area contributed by atoms with Gasteiger partial charge < -0.3 is 14.6 Å². The van der Waals surface area contributed by atoms with Gasteiger partial charge in [0.25, 0.3) is 0 Å². The predicted octanol–water partition coefficient (Wildman–Crippen LogP) is 4.44. The van der Waals surface area contributed by atoms with Crippen molar-refractivity contribution >= 4 is 22.8 Å². The molecule has 2 heterocycles. The summed E-state index contributed by atoms with van der Waals surface area (Å²) in [7, 11) is 0. The van der Waals surface area contributed by atoms with E-state index in [-0.39, 0.29) is 30.9 Å². The van der Waals surface area contributed by atoms with Crippen LogP contribution in [0.15, 0.2) is 71.3 Å². The first-order chi connectivity index (χ1) is 16.8. The molecule has 1 N–H and O–H groups in total. The summed E-state index contributed by atoms with van der Waals surface area (Å²) in [5.74, 6) is 0.508. The van der Waals surface area contributed by atoms with Gasteiger partial charge in [0, 0.05) is 6.04 Å². The highest BCUT2D eigenvalue weighted by Crippen LogP contribution is 2.27. The number of hydrogen-bond donors (Lipinski definition) is 1. The van der Waals surface area contributed by atoms with E-state index in [1.54, 1.807) is 28.0 Å². The zero-order valence-corrected chi connectivity index (χ0v) is 20.5. The minimum atomic E-state index is -0.812. The van der Waals surface area contributed by atoms with Crippen molar-refractivity contribution in [2.45, 2.75) is 58.8 Å². The van der Waals surface area contributed by atoms with E-state index in [0.29, 0.717) is 17.2 Å². The van der Waals surface area contributed by atoms with Crippen LogP contribution in [0.4, 0.5) is 0 Å². The lowest BCUT2D eigenvalue weighted by Gasteiger charge is -2.34. The van der Waals surface area contributed by atoms with E-state index in [4.69, 9.17) is 4.42 Å². The van der Waals surface area contributed by atoms with E-state index in [2.05, 4.69) is 29.5 Å². The van der Waals surface area contributed by atoms with Crippen molar-refractivity contribution in [3.05, 3.63) is 83.8 Å². The van der Waals surface area contributed by atoms with Crippen molar-refractivity contribution < 1.29 is 14.0 Å². The Kier molecular flexibility index (Phi) is 7.29. The fraction of sp³-hybridized carbons (Fsp3) is 0.333. The van der Waals surface area contributed by atoms with E-state index in [1.807, 2.05) is 62.4 Å². The van der Waals surface area contributed by atoms with Gasteiger partial charge in [0.05, 0.1) is 18.3 Å². The Labute approximate surface area is 204 Å². The van der Waals surface area contributed by atoms with Gasteiger partial charge in [-0.3, -0.25) is 9.59 Å². The zero-order valence-electron chi connectivity index (χ0n) is 20.5. The number of para-hydroxylation sites is 1. The summed E-state index contributed by atoms with van der Waals surface area (Å²) < 4.78 is 6.94. The Morgan fingerprint density at radius 2 is 1.69 bits per heavy atom. The van der Waals surface area contributed by atoms with E-state index in [1.165, 1.54) is 5.56 Å². The molecule has 0 aliphatic rings. The van der Waals surface area contributed by atoms with Crippen LogP contribution in [0.25, 0.3) is 11.0 Å². The minimum absolute atomic E-state index is 0.0231. The molecule has 8 nitrogen and oxygen atoms in total. The van der Waals surface area contributed by atoms with Crippen LogP contribution >= 0.6 is 0 Å². The summed E-state index contributed by atoms with van der Waals surface area (Å²) in [5, 5.41) is 11.3. The number of fused-ring (bicyclic) bond motifs is 1. The SMILES string of the molecule is CC(C)c1ccc([C@@H](C(=O)NCc2ccco2)N(C(=O)Cn2nnc3ccccc32)C(C)C)cc1. The highest BCUT2D eigenvalue weighted by Gasteiger charge is 2.33. The zero-order chi connectivity index (χ0) is 24.9. The number of nitrogens with zero attached hydrogens (tertiary/aromatic N) is 4. The number of rotatable bonds is 9. The van der Waals surface area contributed by atoms with Gasteiger partial charge in [-0.15, -0.1) is 5.10 Å². The number of carbonyl (C=O) groups is 2. The first-order valence-corrected chi connectivity index (χ1v) is 11.8. The van der Waals surface area contributed by atoms with Crippen LogP contribution in [0.2, 0.25) is 0 Å². The molecule has 2 aromatic carbocycles. The Balaban J connectivity index is 1.65. The fourth-order valence-electron chi connectivity index (χ4n) is 4.16. The van der Waals surface area contributed by atoms with Crippen molar-refractivity contribution in [3.63, 3.8) is 0 Å². The third kappa shape index (κ3) is 5.42. The van der Waals surface area contributed by atoms with Crippen molar-refractivity contribution in [3.8, 4) is 0 Å². The molecular weight excluding hydrogens is 442 g/mol. The molecule has 4 aromatic rings. The third-order valence-corrected chi connectivity index (χ3v) is 6.01. The van der Waals surface area contributed by atoms with Gasteiger partial charge in [-0.1, -0.05) is 55.5 Å². The van der Waals surface area contributed by atoms with Gasteiger partial charge in [-0.2, -0.15) is 0 Å². The summed E-state index contributed by atoms with van der Waals surface area (Å²) in [6, 6.07) is 17.9. The molecule has 0 saturated carbocycles. The summed E-state index contributed by atoms with van der Waals surface area (Å²) in [6.45, 7) is 8.27. The predicted molar refractivity (Wildman–Crippen MR) is 133 cm³/mol. The summed E-state index contributed by atoms with van der Waals surface area (Å²) in [5.41, 5.74) is 3.40. The largest absolute Gasteiger partial charge is 0.467 e. The van der Waals surface area contributed by atoms with Crippen LogP contribution in [-0.2, 0) is 22.7 Å². The molecule has 0 spiro atoms. The number of furan rings is 1. The van der Waals surface area contributed by atoms with Crippen molar-refractivity contribution in [2.75, 3.05) is 0 Å². The Morgan fingerprint density at radius 3 is 2.34 bits per heavy atom. The van der Waals surface area contributed by atoms with Gasteiger partial charge >= 0.3 is 0 Å². The Bertz CT molecular complexity index is 1280. The molecular formula is C27H31N5O3. The maximum Gasteiger partial charge on any atom is 0.247 e. The summed E-state index contributed by atoms with van der Waals surface area (Å²) in [4.78, 5) is 28.8. The second-order valence-electron chi connectivity index (χ2n) is 9.15. The number of carbonyl (C=O) groups excluding carboxylic acids is 2. The maximum absolute atomic E-state index is 13.7. The molecule has 1 atom stereocenters. The average molecular weight is 474 g/mol. The number of hydrogen-bond acceptors (Lipinski definition) is 5. The lowest BCUT2D eigenvalue weighted by Crippen LogP contribution is -2.48. The van der Waals surface area contributed by atoms with E-state index >= 15 is 0 Å². The second kappa shape index (κ2) is 10.5. The van der Waals surface area contributed by atoms with Crippen LogP contribution in [0.1, 0.15) is 56.5 Å². The molecule has 2 amide bonds. The monoisotopic (exact) mass is 473 g/mol. The first kappa shape index (κ1) is 24.2. The number of amides is 2. The van der Waals surface area contributed by atoms with E-state index in [0.717, 1.165) is 11.1 Å². The van der Waals surface area contributed by atoms with Gasteiger partial charge in [-0.05, 0) is 55.2 Å². The van der Waals surface area contributed by atoms with Gasteiger partial charge in [0.1, 0.15) is 23.9 Å². The number of nitrogens with one attached hydrogen (secondary N) is 1. The van der Waals surface area contributed by atoms with Crippen LogP contribution in [-0.4, -0.2) is 37.7 Å². The molecule has 8 heteroatoms. The van der Waals surface area contributed by atoms with Gasteiger partial charge in [-0.25, -0.2) is 4.68 Å². The number of benzene rings is 2. The molecule has 0 unspecified atom stereocenters. The normalized spacial score (nSPS) is 12.3. The smallest absolute Gasteiger partial charge is 0.247 e. The maximum atomic E-state index is 13.7. The molecule has 2 aromatic heterocycles. The molecule has 0 radical (unpaired) electrons. The Morgan fingerprint density at radius 1 is 0.971 bits per heavy atom. The summed E-state index contributed by atoms with van der Waals surface area (Å²) >= 11 is 0. The summed E-state index contributed by atoms with van der Waals surface area (Å²) in [6.07, 6.45) is 1.57.